The molecule has 0 saturated carbocycles. The van der Waals surface area contributed by atoms with Crippen LogP contribution in [0.25, 0.3) is 5.69 Å². The van der Waals surface area contributed by atoms with Crippen molar-refractivity contribution in [3.05, 3.63) is 30.6 Å². The summed E-state index contributed by atoms with van der Waals surface area (Å²) in [6.07, 6.45) is 4.22. The maximum Gasteiger partial charge on any atom is 0.143 e. The highest BCUT2D eigenvalue weighted by Crippen LogP contribution is 2.18. The van der Waals surface area contributed by atoms with Gasteiger partial charge in [0.25, 0.3) is 0 Å². The van der Waals surface area contributed by atoms with Crippen molar-refractivity contribution in [3.8, 4) is 5.69 Å². The van der Waals surface area contributed by atoms with Crippen LogP contribution in [0.2, 0.25) is 0 Å². The Morgan fingerprint density at radius 3 is 3.15 bits per heavy atom. The Kier molecular flexibility index (Phi) is 3.92. The van der Waals surface area contributed by atoms with E-state index in [0.717, 1.165) is 23.8 Å². The molecule has 1 saturated heterocycles. The van der Waals surface area contributed by atoms with E-state index in [1.807, 2.05) is 12.1 Å². The molecule has 106 valence electrons. The van der Waals surface area contributed by atoms with Gasteiger partial charge in [0.1, 0.15) is 6.33 Å². The molecule has 1 aliphatic heterocycles. The van der Waals surface area contributed by atoms with E-state index >= 15 is 0 Å². The third-order valence-electron chi connectivity index (χ3n) is 3.78. The van der Waals surface area contributed by atoms with E-state index in [-0.39, 0.29) is 0 Å². The third kappa shape index (κ3) is 3.14. The lowest BCUT2D eigenvalue weighted by atomic mass is 9.98. The molecule has 0 radical (unpaired) electrons. The van der Waals surface area contributed by atoms with Crippen molar-refractivity contribution in [3.63, 3.8) is 0 Å². The molecule has 1 aliphatic rings. The zero-order chi connectivity index (χ0) is 13.8. The highest BCUT2D eigenvalue weighted by molar-refractivity contribution is 5.50. The molecule has 0 amide bonds. The fourth-order valence-corrected chi connectivity index (χ4v) is 2.74. The number of benzene rings is 1. The van der Waals surface area contributed by atoms with Crippen LogP contribution in [0.3, 0.4) is 0 Å². The molecule has 1 unspecified atom stereocenters. The van der Waals surface area contributed by atoms with Gasteiger partial charge in [-0.3, -0.25) is 0 Å². The van der Waals surface area contributed by atoms with Gasteiger partial charge in [-0.1, -0.05) is 6.07 Å². The number of likely N-dealkylation sites (tertiary alicyclic amines) is 1. The van der Waals surface area contributed by atoms with Crippen molar-refractivity contribution in [2.24, 2.45) is 5.92 Å². The predicted molar refractivity (Wildman–Crippen MR) is 77.9 cm³/mol. The van der Waals surface area contributed by atoms with Crippen molar-refractivity contribution in [1.82, 2.24) is 25.1 Å². The molecule has 0 bridgehead atoms. The van der Waals surface area contributed by atoms with Crippen molar-refractivity contribution < 1.29 is 0 Å². The van der Waals surface area contributed by atoms with Crippen LogP contribution in [-0.2, 0) is 0 Å². The summed E-state index contributed by atoms with van der Waals surface area (Å²) in [4.78, 5) is 2.41. The Hall–Kier alpha value is -1.95. The summed E-state index contributed by atoms with van der Waals surface area (Å²) in [5.74, 6) is 0.727. The molecular formula is C14H20N6. The molecule has 2 aromatic rings. The fraction of sp³-hybridized carbons (Fsp3) is 0.500. The van der Waals surface area contributed by atoms with Gasteiger partial charge in [0, 0.05) is 18.8 Å². The second-order valence-electron chi connectivity index (χ2n) is 5.46. The first-order valence-corrected chi connectivity index (χ1v) is 7.07. The molecule has 0 aliphatic carbocycles. The summed E-state index contributed by atoms with van der Waals surface area (Å²) >= 11 is 0. The quantitative estimate of drug-likeness (QED) is 0.912. The molecule has 6 heteroatoms. The molecular weight excluding hydrogens is 252 g/mol. The Morgan fingerprint density at radius 1 is 1.40 bits per heavy atom. The average Bonchev–Trinajstić information content (AvgIpc) is 3.00. The smallest absolute Gasteiger partial charge is 0.143 e. The molecule has 3 rings (SSSR count). The second-order valence-corrected chi connectivity index (χ2v) is 5.46. The number of nitrogens with zero attached hydrogens (tertiary/aromatic N) is 5. The SMILES string of the molecule is CN1CCCC(CNc2cccc(-n3cnnn3)c2)C1. The number of tetrazole rings is 1. The number of rotatable bonds is 4. The first-order chi connectivity index (χ1) is 9.81. The van der Waals surface area contributed by atoms with Crippen LogP contribution in [0.1, 0.15) is 12.8 Å². The number of anilines is 1. The lowest BCUT2D eigenvalue weighted by Crippen LogP contribution is -2.35. The topological polar surface area (TPSA) is 58.9 Å². The number of hydrogen-bond donors (Lipinski definition) is 1. The first-order valence-electron chi connectivity index (χ1n) is 7.07. The molecule has 1 N–H and O–H groups in total. The number of hydrogen-bond acceptors (Lipinski definition) is 5. The lowest BCUT2D eigenvalue weighted by Gasteiger charge is -2.30. The molecule has 20 heavy (non-hydrogen) atoms. The summed E-state index contributed by atoms with van der Waals surface area (Å²) in [5.41, 5.74) is 2.09. The highest BCUT2D eigenvalue weighted by Gasteiger charge is 2.16. The van der Waals surface area contributed by atoms with E-state index < -0.39 is 0 Å². The summed E-state index contributed by atoms with van der Waals surface area (Å²) < 4.78 is 1.67. The number of aromatic nitrogens is 4. The van der Waals surface area contributed by atoms with Gasteiger partial charge in [0.2, 0.25) is 0 Å². The van der Waals surface area contributed by atoms with E-state index in [9.17, 15) is 0 Å². The van der Waals surface area contributed by atoms with Crippen LogP contribution in [0.15, 0.2) is 30.6 Å². The van der Waals surface area contributed by atoms with Crippen LogP contribution < -0.4 is 5.32 Å². The minimum absolute atomic E-state index is 0.727. The van der Waals surface area contributed by atoms with Gasteiger partial charge >= 0.3 is 0 Å². The van der Waals surface area contributed by atoms with Gasteiger partial charge in [-0.2, -0.15) is 0 Å². The second kappa shape index (κ2) is 6.00. The molecule has 0 spiro atoms. The maximum absolute atomic E-state index is 3.91. The minimum atomic E-state index is 0.727. The van der Waals surface area contributed by atoms with Gasteiger partial charge in [-0.15, -0.1) is 5.10 Å². The molecule has 1 atom stereocenters. The van der Waals surface area contributed by atoms with Crippen LogP contribution in [0, 0.1) is 5.92 Å². The zero-order valence-corrected chi connectivity index (χ0v) is 11.7. The van der Waals surface area contributed by atoms with Crippen LogP contribution in [0.5, 0.6) is 0 Å². The van der Waals surface area contributed by atoms with Gasteiger partial charge < -0.3 is 10.2 Å². The number of piperidine rings is 1. The van der Waals surface area contributed by atoms with Gasteiger partial charge in [0.15, 0.2) is 0 Å². The first kappa shape index (κ1) is 13.1. The van der Waals surface area contributed by atoms with Gasteiger partial charge in [-0.05, 0) is 61.0 Å². The summed E-state index contributed by atoms with van der Waals surface area (Å²) in [7, 11) is 2.20. The van der Waals surface area contributed by atoms with Gasteiger partial charge in [0.05, 0.1) is 5.69 Å². The van der Waals surface area contributed by atoms with Crippen LogP contribution in [0.4, 0.5) is 5.69 Å². The molecule has 2 heterocycles. The van der Waals surface area contributed by atoms with E-state index in [1.165, 1.54) is 25.9 Å². The predicted octanol–water partition coefficient (Wildman–Crippen LogP) is 1.42. The monoisotopic (exact) mass is 272 g/mol. The minimum Gasteiger partial charge on any atom is -0.385 e. The largest absolute Gasteiger partial charge is 0.385 e. The Labute approximate surface area is 118 Å². The van der Waals surface area contributed by atoms with Crippen molar-refractivity contribution in [2.75, 3.05) is 32.0 Å². The summed E-state index contributed by atoms with van der Waals surface area (Å²) in [6.45, 7) is 3.42. The fourth-order valence-electron chi connectivity index (χ4n) is 2.74. The summed E-state index contributed by atoms with van der Waals surface area (Å²) in [5, 5.41) is 14.8. The van der Waals surface area contributed by atoms with Crippen LogP contribution >= 0.6 is 0 Å². The molecule has 1 fully saturated rings. The molecule has 1 aromatic carbocycles. The van der Waals surface area contributed by atoms with Crippen LogP contribution in [-0.4, -0.2) is 51.8 Å². The van der Waals surface area contributed by atoms with Crippen molar-refractivity contribution >= 4 is 5.69 Å². The van der Waals surface area contributed by atoms with E-state index in [0.29, 0.717) is 0 Å². The van der Waals surface area contributed by atoms with E-state index in [1.54, 1.807) is 11.0 Å². The molecule has 6 nitrogen and oxygen atoms in total. The number of nitrogens with one attached hydrogen (secondary N) is 1. The highest BCUT2D eigenvalue weighted by atomic mass is 15.5. The maximum atomic E-state index is 3.91. The van der Waals surface area contributed by atoms with Gasteiger partial charge in [-0.25, -0.2) is 4.68 Å². The molecule has 1 aromatic heterocycles. The Bertz CT molecular complexity index is 538. The average molecular weight is 272 g/mol. The van der Waals surface area contributed by atoms with E-state index in [4.69, 9.17) is 0 Å². The third-order valence-corrected chi connectivity index (χ3v) is 3.78. The lowest BCUT2D eigenvalue weighted by molar-refractivity contribution is 0.217. The van der Waals surface area contributed by atoms with Crippen molar-refractivity contribution in [1.29, 1.82) is 0 Å². The standard InChI is InChI=1S/C14H20N6/c1-19-7-3-4-12(10-19)9-15-13-5-2-6-14(8-13)20-11-16-17-18-20/h2,5-6,8,11-12,15H,3-4,7,9-10H2,1H3. The zero-order valence-electron chi connectivity index (χ0n) is 11.7. The summed E-state index contributed by atoms with van der Waals surface area (Å²) in [6, 6.07) is 8.17. The van der Waals surface area contributed by atoms with Crippen molar-refractivity contribution in [2.45, 2.75) is 12.8 Å². The van der Waals surface area contributed by atoms with E-state index in [2.05, 4.69) is 44.9 Å². The normalized spacial score (nSPS) is 19.9. The Morgan fingerprint density at radius 2 is 2.35 bits per heavy atom. The Balaban J connectivity index is 1.61.